The first-order valence-electron chi connectivity index (χ1n) is 5.25. The van der Waals surface area contributed by atoms with Gasteiger partial charge in [-0.25, -0.2) is 0 Å². The van der Waals surface area contributed by atoms with Gasteiger partial charge in [-0.1, -0.05) is 23.8 Å². The summed E-state index contributed by atoms with van der Waals surface area (Å²) in [6, 6.07) is 6.33. The average Bonchev–Trinajstić information content (AvgIpc) is 2.94. The van der Waals surface area contributed by atoms with Crippen molar-refractivity contribution in [1.82, 2.24) is 0 Å². The van der Waals surface area contributed by atoms with E-state index in [1.807, 2.05) is 0 Å². The van der Waals surface area contributed by atoms with Gasteiger partial charge in [0, 0.05) is 12.3 Å². The topological polar surface area (TPSA) is 17.1 Å². The summed E-state index contributed by atoms with van der Waals surface area (Å²) in [5, 5.41) is 0. The molecule has 0 aromatic heterocycles. The number of carbonyl (C=O) groups is 1. The molecule has 74 valence electrons. The molecule has 0 heterocycles. The van der Waals surface area contributed by atoms with Gasteiger partial charge in [-0.15, -0.1) is 0 Å². The second-order valence-electron chi connectivity index (χ2n) is 4.35. The van der Waals surface area contributed by atoms with Crippen LogP contribution in [0, 0.1) is 19.8 Å². The van der Waals surface area contributed by atoms with Crippen LogP contribution >= 0.6 is 0 Å². The number of aryl methyl sites for hydroxylation is 2. The molecule has 0 aliphatic heterocycles. The first-order chi connectivity index (χ1) is 6.66. The number of rotatable bonds is 3. The highest BCUT2D eigenvalue weighted by molar-refractivity contribution is 5.85. The van der Waals surface area contributed by atoms with Crippen molar-refractivity contribution >= 4 is 5.78 Å². The second-order valence-corrected chi connectivity index (χ2v) is 4.35. The van der Waals surface area contributed by atoms with Crippen LogP contribution in [0.5, 0.6) is 0 Å². The van der Waals surface area contributed by atoms with Crippen LogP contribution in [0.25, 0.3) is 0 Å². The van der Waals surface area contributed by atoms with Crippen LogP contribution in [-0.2, 0) is 11.2 Å². The lowest BCUT2D eigenvalue weighted by Crippen LogP contribution is -2.06. The summed E-state index contributed by atoms with van der Waals surface area (Å²) in [7, 11) is 0. The van der Waals surface area contributed by atoms with Crippen molar-refractivity contribution in [3.63, 3.8) is 0 Å². The van der Waals surface area contributed by atoms with Crippen molar-refractivity contribution < 1.29 is 4.79 Å². The van der Waals surface area contributed by atoms with Gasteiger partial charge in [0.25, 0.3) is 0 Å². The summed E-state index contributed by atoms with van der Waals surface area (Å²) >= 11 is 0. The monoisotopic (exact) mass is 188 g/mol. The van der Waals surface area contributed by atoms with Crippen LogP contribution in [0.15, 0.2) is 18.2 Å². The molecule has 1 aliphatic rings. The van der Waals surface area contributed by atoms with Gasteiger partial charge in [0.2, 0.25) is 0 Å². The Labute approximate surface area is 85.1 Å². The third-order valence-electron chi connectivity index (χ3n) is 2.90. The third-order valence-corrected chi connectivity index (χ3v) is 2.90. The molecule has 1 nitrogen and oxygen atoms in total. The van der Waals surface area contributed by atoms with Gasteiger partial charge in [0.15, 0.2) is 0 Å². The molecule has 1 aliphatic carbocycles. The van der Waals surface area contributed by atoms with Crippen molar-refractivity contribution in [2.45, 2.75) is 33.1 Å². The molecule has 1 aromatic carbocycles. The van der Waals surface area contributed by atoms with E-state index in [1.54, 1.807) is 0 Å². The number of Topliss-reactive ketones (excluding diaryl/α,β-unsaturated/α-hetero) is 1. The Balaban J connectivity index is 2.14. The number of ketones is 1. The molecule has 0 radical (unpaired) electrons. The fourth-order valence-corrected chi connectivity index (χ4v) is 1.73. The van der Waals surface area contributed by atoms with Gasteiger partial charge in [0.1, 0.15) is 5.78 Å². The molecule has 1 aromatic rings. The van der Waals surface area contributed by atoms with Crippen molar-refractivity contribution in [3.8, 4) is 0 Å². The largest absolute Gasteiger partial charge is 0.299 e. The van der Waals surface area contributed by atoms with Crippen LogP contribution in [0.4, 0.5) is 0 Å². The van der Waals surface area contributed by atoms with Crippen molar-refractivity contribution in [2.24, 2.45) is 5.92 Å². The molecular formula is C13H16O. The fraction of sp³-hybridized carbons (Fsp3) is 0.462. The van der Waals surface area contributed by atoms with Crippen LogP contribution in [0.2, 0.25) is 0 Å². The van der Waals surface area contributed by atoms with E-state index >= 15 is 0 Å². The van der Waals surface area contributed by atoms with Crippen molar-refractivity contribution in [2.75, 3.05) is 0 Å². The normalized spacial score (nSPS) is 15.6. The van der Waals surface area contributed by atoms with Gasteiger partial charge in [-0.3, -0.25) is 4.79 Å². The number of hydrogen-bond donors (Lipinski definition) is 0. The van der Waals surface area contributed by atoms with E-state index < -0.39 is 0 Å². The summed E-state index contributed by atoms with van der Waals surface area (Å²) in [5.41, 5.74) is 3.70. The molecule has 1 saturated carbocycles. The minimum Gasteiger partial charge on any atom is -0.299 e. The molecule has 2 rings (SSSR count). The molecule has 0 saturated heterocycles. The lowest BCUT2D eigenvalue weighted by Gasteiger charge is -2.05. The first kappa shape index (κ1) is 9.45. The maximum absolute atomic E-state index is 11.6. The average molecular weight is 188 g/mol. The Bertz CT molecular complexity index is 361. The van der Waals surface area contributed by atoms with E-state index in [9.17, 15) is 4.79 Å². The minimum absolute atomic E-state index is 0.384. The predicted octanol–water partition coefficient (Wildman–Crippen LogP) is 2.83. The minimum atomic E-state index is 0.384. The van der Waals surface area contributed by atoms with Crippen LogP contribution in [-0.4, -0.2) is 5.78 Å². The molecule has 0 atom stereocenters. The van der Waals surface area contributed by atoms with Crippen LogP contribution < -0.4 is 0 Å². The Morgan fingerprint density at radius 3 is 2.71 bits per heavy atom. The molecular weight excluding hydrogens is 172 g/mol. The van der Waals surface area contributed by atoms with Gasteiger partial charge in [-0.05, 0) is 37.8 Å². The fourth-order valence-electron chi connectivity index (χ4n) is 1.73. The summed E-state index contributed by atoms with van der Waals surface area (Å²) in [6.45, 7) is 4.15. The first-order valence-corrected chi connectivity index (χ1v) is 5.25. The number of benzene rings is 1. The summed E-state index contributed by atoms with van der Waals surface area (Å²) in [4.78, 5) is 11.6. The molecule has 14 heavy (non-hydrogen) atoms. The standard InChI is InChI=1S/C13H16O/c1-9-3-4-10(2)12(7-9)8-13(14)11-5-6-11/h3-4,7,11H,5-6,8H2,1-2H3. The van der Waals surface area contributed by atoms with E-state index in [0.29, 0.717) is 18.1 Å². The molecule has 0 bridgehead atoms. The summed E-state index contributed by atoms with van der Waals surface area (Å²) in [6.07, 6.45) is 2.87. The Kier molecular flexibility index (Phi) is 2.40. The van der Waals surface area contributed by atoms with E-state index in [1.165, 1.54) is 16.7 Å². The van der Waals surface area contributed by atoms with E-state index in [2.05, 4.69) is 32.0 Å². The van der Waals surface area contributed by atoms with Gasteiger partial charge >= 0.3 is 0 Å². The Morgan fingerprint density at radius 1 is 1.36 bits per heavy atom. The van der Waals surface area contributed by atoms with Crippen LogP contribution in [0.3, 0.4) is 0 Å². The Morgan fingerprint density at radius 2 is 2.07 bits per heavy atom. The molecule has 1 fully saturated rings. The van der Waals surface area contributed by atoms with Gasteiger partial charge in [0.05, 0.1) is 0 Å². The van der Waals surface area contributed by atoms with E-state index in [-0.39, 0.29) is 0 Å². The molecule has 0 unspecified atom stereocenters. The smallest absolute Gasteiger partial charge is 0.140 e. The summed E-state index contributed by atoms with van der Waals surface area (Å²) in [5.74, 6) is 0.814. The maximum Gasteiger partial charge on any atom is 0.140 e. The van der Waals surface area contributed by atoms with Crippen LogP contribution in [0.1, 0.15) is 29.5 Å². The van der Waals surface area contributed by atoms with Crippen molar-refractivity contribution in [1.29, 1.82) is 0 Å². The third kappa shape index (κ3) is 2.03. The molecule has 0 amide bonds. The second kappa shape index (κ2) is 3.56. The zero-order valence-corrected chi connectivity index (χ0v) is 8.84. The number of hydrogen-bond acceptors (Lipinski definition) is 1. The van der Waals surface area contributed by atoms with Crippen molar-refractivity contribution in [3.05, 3.63) is 34.9 Å². The highest BCUT2D eigenvalue weighted by atomic mass is 16.1. The highest BCUT2D eigenvalue weighted by Crippen LogP contribution is 2.31. The highest BCUT2D eigenvalue weighted by Gasteiger charge is 2.29. The molecule has 0 N–H and O–H groups in total. The SMILES string of the molecule is Cc1ccc(C)c(CC(=O)C2CC2)c1. The predicted molar refractivity (Wildman–Crippen MR) is 57.4 cm³/mol. The lowest BCUT2D eigenvalue weighted by atomic mass is 9.99. The van der Waals surface area contributed by atoms with Gasteiger partial charge in [-0.2, -0.15) is 0 Å². The molecule has 1 heteroatoms. The number of carbonyl (C=O) groups excluding carboxylic acids is 1. The van der Waals surface area contributed by atoms with E-state index in [4.69, 9.17) is 0 Å². The zero-order valence-electron chi connectivity index (χ0n) is 8.84. The quantitative estimate of drug-likeness (QED) is 0.713. The molecule has 0 spiro atoms. The van der Waals surface area contributed by atoms with Gasteiger partial charge < -0.3 is 0 Å². The Hall–Kier alpha value is -1.11. The lowest BCUT2D eigenvalue weighted by molar-refractivity contribution is -0.119. The zero-order chi connectivity index (χ0) is 10.1. The maximum atomic E-state index is 11.6. The van der Waals surface area contributed by atoms with E-state index in [0.717, 1.165) is 12.8 Å². The summed E-state index contributed by atoms with van der Waals surface area (Å²) < 4.78 is 0.